The van der Waals surface area contributed by atoms with Gasteiger partial charge in [-0.1, -0.05) is 36.7 Å². The van der Waals surface area contributed by atoms with Crippen molar-refractivity contribution in [2.45, 2.75) is 26.3 Å². The van der Waals surface area contributed by atoms with E-state index in [1.54, 1.807) is 0 Å². The molecule has 1 fully saturated rings. The van der Waals surface area contributed by atoms with E-state index < -0.39 is 11.9 Å². The van der Waals surface area contributed by atoms with Crippen LogP contribution in [-0.4, -0.2) is 40.1 Å². The van der Waals surface area contributed by atoms with Gasteiger partial charge in [0.05, 0.1) is 0 Å². The molecule has 1 saturated heterocycles. The highest BCUT2D eigenvalue weighted by molar-refractivity contribution is 6.31. The van der Waals surface area contributed by atoms with E-state index in [9.17, 15) is 0 Å². The maximum atomic E-state index is 9.10. The molecule has 0 bridgehead atoms. The average Bonchev–Trinajstić information content (AvgIpc) is 2.42. The molecule has 1 unspecified atom stereocenters. The number of hydrogen-bond acceptors (Lipinski definition) is 3. The van der Waals surface area contributed by atoms with Gasteiger partial charge in [0.15, 0.2) is 0 Å². The molecular formula is C15H20ClNO4. The largest absolute Gasteiger partial charge is 0.473 e. The van der Waals surface area contributed by atoms with Gasteiger partial charge in [0.1, 0.15) is 0 Å². The first-order valence-corrected chi connectivity index (χ1v) is 7.20. The molecule has 5 nitrogen and oxygen atoms in total. The van der Waals surface area contributed by atoms with Crippen LogP contribution in [0, 0.1) is 5.92 Å². The number of carboxylic acid groups (broad SMARTS) is 2. The molecule has 1 aromatic carbocycles. The summed E-state index contributed by atoms with van der Waals surface area (Å²) in [5.74, 6) is -2.81. The maximum absolute atomic E-state index is 9.10. The number of benzene rings is 1. The van der Waals surface area contributed by atoms with Crippen molar-refractivity contribution < 1.29 is 19.8 Å². The van der Waals surface area contributed by atoms with Gasteiger partial charge in [-0.2, -0.15) is 0 Å². The minimum absolute atomic E-state index is 0.834. The van der Waals surface area contributed by atoms with Crippen LogP contribution in [0.4, 0.5) is 0 Å². The van der Waals surface area contributed by atoms with E-state index in [-0.39, 0.29) is 0 Å². The van der Waals surface area contributed by atoms with Crippen LogP contribution in [0.15, 0.2) is 24.3 Å². The predicted molar refractivity (Wildman–Crippen MR) is 80.4 cm³/mol. The quantitative estimate of drug-likeness (QED) is 0.821. The Hall–Kier alpha value is -1.59. The summed E-state index contributed by atoms with van der Waals surface area (Å²) < 4.78 is 0. The third kappa shape index (κ3) is 6.60. The van der Waals surface area contributed by atoms with Gasteiger partial charge in [-0.3, -0.25) is 4.90 Å². The van der Waals surface area contributed by atoms with Crippen molar-refractivity contribution in [2.75, 3.05) is 13.1 Å². The fourth-order valence-electron chi connectivity index (χ4n) is 2.30. The molecule has 0 aromatic heterocycles. The molecule has 1 aliphatic heterocycles. The van der Waals surface area contributed by atoms with Crippen LogP contribution >= 0.6 is 11.6 Å². The summed E-state index contributed by atoms with van der Waals surface area (Å²) in [5, 5.41) is 15.7. The zero-order valence-electron chi connectivity index (χ0n) is 12.0. The first kappa shape index (κ1) is 17.5. The zero-order valence-corrected chi connectivity index (χ0v) is 12.7. The zero-order chi connectivity index (χ0) is 15.8. The van der Waals surface area contributed by atoms with Crippen LogP contribution in [0.25, 0.3) is 0 Å². The van der Waals surface area contributed by atoms with Crippen LogP contribution < -0.4 is 0 Å². The van der Waals surface area contributed by atoms with Crippen molar-refractivity contribution in [1.29, 1.82) is 0 Å². The van der Waals surface area contributed by atoms with Crippen molar-refractivity contribution in [2.24, 2.45) is 5.92 Å². The molecule has 21 heavy (non-hydrogen) atoms. The number of hydrogen-bond donors (Lipinski definition) is 2. The second-order valence-electron chi connectivity index (χ2n) is 5.18. The van der Waals surface area contributed by atoms with Gasteiger partial charge in [0, 0.05) is 18.1 Å². The van der Waals surface area contributed by atoms with Crippen molar-refractivity contribution in [3.63, 3.8) is 0 Å². The highest BCUT2D eigenvalue weighted by atomic mass is 35.5. The minimum Gasteiger partial charge on any atom is -0.473 e. The van der Waals surface area contributed by atoms with Crippen molar-refractivity contribution >= 4 is 23.5 Å². The summed E-state index contributed by atoms with van der Waals surface area (Å²) in [4.78, 5) is 20.7. The Morgan fingerprint density at radius 3 is 2.43 bits per heavy atom. The molecular weight excluding hydrogens is 294 g/mol. The van der Waals surface area contributed by atoms with E-state index in [4.69, 9.17) is 31.4 Å². The van der Waals surface area contributed by atoms with E-state index in [0.29, 0.717) is 0 Å². The number of nitrogens with zero attached hydrogens (tertiary/aromatic N) is 1. The van der Waals surface area contributed by atoms with E-state index in [0.717, 1.165) is 17.5 Å². The Bertz CT molecular complexity index is 480. The first-order valence-electron chi connectivity index (χ1n) is 6.82. The lowest BCUT2D eigenvalue weighted by Crippen LogP contribution is -2.33. The molecule has 116 valence electrons. The van der Waals surface area contributed by atoms with Crippen molar-refractivity contribution in [1.82, 2.24) is 4.90 Å². The molecule has 2 N–H and O–H groups in total. The molecule has 0 aliphatic carbocycles. The van der Waals surface area contributed by atoms with Crippen LogP contribution in [0.1, 0.15) is 25.3 Å². The first-order chi connectivity index (χ1) is 9.90. The third-order valence-electron chi connectivity index (χ3n) is 3.28. The van der Waals surface area contributed by atoms with Gasteiger partial charge in [-0.05, 0) is 36.9 Å². The van der Waals surface area contributed by atoms with E-state index in [1.165, 1.54) is 31.5 Å². The number of halogens is 1. The number of likely N-dealkylation sites (tertiary alicyclic amines) is 1. The van der Waals surface area contributed by atoms with E-state index in [1.807, 2.05) is 12.1 Å². The molecule has 0 saturated carbocycles. The summed E-state index contributed by atoms with van der Waals surface area (Å²) in [6, 6.07) is 8.16. The molecule has 0 spiro atoms. The molecule has 1 heterocycles. The summed E-state index contributed by atoms with van der Waals surface area (Å²) in [6.45, 7) is 5.77. The lowest BCUT2D eigenvalue weighted by atomic mass is 10.00. The summed E-state index contributed by atoms with van der Waals surface area (Å²) >= 11 is 6.15. The summed E-state index contributed by atoms with van der Waals surface area (Å²) in [5.41, 5.74) is 1.26. The lowest BCUT2D eigenvalue weighted by Gasteiger charge is -2.31. The predicted octanol–water partition coefficient (Wildman–Crippen LogP) is 2.73. The smallest absolute Gasteiger partial charge is 0.414 e. The van der Waals surface area contributed by atoms with Gasteiger partial charge < -0.3 is 10.2 Å². The molecule has 0 radical (unpaired) electrons. The Balaban J connectivity index is 0.000000315. The fourth-order valence-corrected chi connectivity index (χ4v) is 2.49. The maximum Gasteiger partial charge on any atom is 0.414 e. The number of carbonyl (C=O) groups is 2. The minimum atomic E-state index is -1.82. The Morgan fingerprint density at radius 1 is 1.29 bits per heavy atom. The van der Waals surface area contributed by atoms with Crippen LogP contribution in [0.3, 0.4) is 0 Å². The van der Waals surface area contributed by atoms with Crippen LogP contribution in [0.2, 0.25) is 5.02 Å². The monoisotopic (exact) mass is 313 g/mol. The number of aliphatic carboxylic acids is 2. The second-order valence-corrected chi connectivity index (χ2v) is 5.59. The Labute approximate surface area is 129 Å². The van der Waals surface area contributed by atoms with E-state index >= 15 is 0 Å². The van der Waals surface area contributed by atoms with Gasteiger partial charge >= 0.3 is 11.9 Å². The summed E-state index contributed by atoms with van der Waals surface area (Å²) in [7, 11) is 0. The van der Waals surface area contributed by atoms with Gasteiger partial charge in [0.25, 0.3) is 0 Å². The second kappa shape index (κ2) is 8.64. The number of piperidine rings is 1. The third-order valence-corrected chi connectivity index (χ3v) is 3.64. The van der Waals surface area contributed by atoms with Crippen LogP contribution in [-0.2, 0) is 16.1 Å². The highest BCUT2D eigenvalue weighted by Gasteiger charge is 2.16. The van der Waals surface area contributed by atoms with E-state index in [2.05, 4.69) is 24.0 Å². The lowest BCUT2D eigenvalue weighted by molar-refractivity contribution is -0.159. The van der Waals surface area contributed by atoms with Crippen molar-refractivity contribution in [3.05, 3.63) is 34.9 Å². The van der Waals surface area contributed by atoms with Gasteiger partial charge in [-0.15, -0.1) is 0 Å². The Kier molecular flexibility index (Phi) is 7.19. The standard InChI is InChI=1S/C13H18ClN.C2H2O4/c1-11-5-4-8-15(9-11)10-12-6-2-3-7-13(12)14;3-1(4)2(5)6/h2-3,6-7,11H,4-5,8-10H2,1H3;(H,3,4)(H,5,6). The summed E-state index contributed by atoms with van der Waals surface area (Å²) in [6.07, 6.45) is 2.70. The Morgan fingerprint density at radius 2 is 1.90 bits per heavy atom. The molecule has 1 atom stereocenters. The fraction of sp³-hybridized carbons (Fsp3) is 0.467. The highest BCUT2D eigenvalue weighted by Crippen LogP contribution is 2.21. The van der Waals surface area contributed by atoms with Crippen LogP contribution in [0.5, 0.6) is 0 Å². The van der Waals surface area contributed by atoms with Crippen molar-refractivity contribution in [3.8, 4) is 0 Å². The van der Waals surface area contributed by atoms with Gasteiger partial charge in [0.2, 0.25) is 0 Å². The SMILES string of the molecule is CC1CCCN(Cc2ccccc2Cl)C1.O=C(O)C(=O)O. The molecule has 2 rings (SSSR count). The molecule has 0 amide bonds. The normalized spacial score (nSPS) is 18.5. The molecule has 6 heteroatoms. The number of carboxylic acids is 2. The average molecular weight is 314 g/mol. The number of rotatable bonds is 2. The molecule has 1 aromatic rings. The topological polar surface area (TPSA) is 77.8 Å². The molecule has 1 aliphatic rings. The van der Waals surface area contributed by atoms with Gasteiger partial charge in [-0.25, -0.2) is 9.59 Å².